The molecule has 0 radical (unpaired) electrons. The molecule has 0 spiro atoms. The van der Waals surface area contributed by atoms with Crippen LogP contribution in [0.5, 0.6) is 0 Å². The van der Waals surface area contributed by atoms with Gasteiger partial charge >= 0.3 is 0 Å². The average Bonchev–Trinajstić information content (AvgIpc) is 3.19. The largest absolute Gasteiger partial charge is 0.0654 e. The molecule has 0 heteroatoms. The van der Waals surface area contributed by atoms with E-state index in [9.17, 15) is 0 Å². The SMILES string of the molecule is CCCCCCCCCCCCCCCCCCCCCCCCc1cccc(CCCCCCCCCCCCCCCCCCCCCCCC)c1. The second-order valence-corrected chi connectivity index (χ2v) is 18.2. The van der Waals surface area contributed by atoms with Gasteiger partial charge in [-0.25, -0.2) is 0 Å². The lowest BCUT2D eigenvalue weighted by molar-refractivity contribution is 0.519. The Hall–Kier alpha value is -0.780. The van der Waals surface area contributed by atoms with E-state index >= 15 is 0 Å². The Morgan fingerprint density at radius 3 is 0.574 bits per heavy atom. The predicted molar refractivity (Wildman–Crippen MR) is 248 cm³/mol. The molecule has 54 heavy (non-hydrogen) atoms. The Bertz CT molecular complexity index is 745. The third-order valence-corrected chi connectivity index (χ3v) is 12.6. The third kappa shape index (κ3) is 39.5. The Labute approximate surface area is 343 Å². The zero-order valence-corrected chi connectivity index (χ0v) is 37.8. The number of hydrogen-bond acceptors (Lipinski definition) is 0. The first-order chi connectivity index (χ1) is 26.9. The van der Waals surface area contributed by atoms with Crippen LogP contribution in [0.2, 0.25) is 0 Å². The van der Waals surface area contributed by atoms with Crippen molar-refractivity contribution in [2.75, 3.05) is 0 Å². The van der Waals surface area contributed by atoms with Crippen molar-refractivity contribution in [2.45, 2.75) is 309 Å². The van der Waals surface area contributed by atoms with Crippen LogP contribution in [0.15, 0.2) is 24.3 Å². The molecule has 0 unspecified atom stereocenters. The second-order valence-electron chi connectivity index (χ2n) is 18.2. The second kappa shape index (κ2) is 44.9. The number of unbranched alkanes of at least 4 members (excludes halogenated alkanes) is 42. The molecule has 0 saturated carbocycles. The van der Waals surface area contributed by atoms with Crippen molar-refractivity contribution in [2.24, 2.45) is 0 Å². The van der Waals surface area contributed by atoms with E-state index in [2.05, 4.69) is 38.1 Å². The van der Waals surface area contributed by atoms with Crippen molar-refractivity contribution < 1.29 is 0 Å². The Kier molecular flexibility index (Phi) is 42.6. The summed E-state index contributed by atoms with van der Waals surface area (Å²) in [4.78, 5) is 0. The molecule has 1 aromatic carbocycles. The first-order valence-corrected chi connectivity index (χ1v) is 25.9. The van der Waals surface area contributed by atoms with Crippen LogP contribution >= 0.6 is 0 Å². The van der Waals surface area contributed by atoms with Gasteiger partial charge in [0.25, 0.3) is 0 Å². The molecule has 0 amide bonds. The highest BCUT2D eigenvalue weighted by Crippen LogP contribution is 2.19. The average molecular weight is 751 g/mol. The molecular formula is C54H102. The van der Waals surface area contributed by atoms with Crippen LogP contribution in [-0.2, 0) is 12.8 Å². The predicted octanol–water partition coefficient (Wildman–Crippen LogP) is 20.0. The lowest BCUT2D eigenvalue weighted by Crippen LogP contribution is -1.91. The van der Waals surface area contributed by atoms with Crippen molar-refractivity contribution in [3.63, 3.8) is 0 Å². The fourth-order valence-electron chi connectivity index (χ4n) is 8.82. The minimum Gasteiger partial charge on any atom is -0.0654 e. The molecule has 0 heterocycles. The van der Waals surface area contributed by atoms with Gasteiger partial charge in [0.1, 0.15) is 0 Å². The summed E-state index contributed by atoms with van der Waals surface area (Å²) in [5.74, 6) is 0. The van der Waals surface area contributed by atoms with Crippen LogP contribution in [0, 0.1) is 0 Å². The van der Waals surface area contributed by atoms with E-state index in [0.717, 1.165) is 0 Å². The van der Waals surface area contributed by atoms with Crippen LogP contribution in [0.1, 0.15) is 307 Å². The lowest BCUT2D eigenvalue weighted by atomic mass is 9.99. The smallest absolute Gasteiger partial charge is 0.0279 e. The van der Waals surface area contributed by atoms with Gasteiger partial charge in [-0.3, -0.25) is 0 Å². The van der Waals surface area contributed by atoms with Crippen molar-refractivity contribution >= 4 is 0 Å². The summed E-state index contributed by atoms with van der Waals surface area (Å²) in [6.07, 6.45) is 67.0. The summed E-state index contributed by atoms with van der Waals surface area (Å²) in [6.45, 7) is 4.62. The molecule has 0 aliphatic heterocycles. The van der Waals surface area contributed by atoms with Crippen LogP contribution in [0.4, 0.5) is 0 Å². The van der Waals surface area contributed by atoms with Gasteiger partial charge in [-0.15, -0.1) is 0 Å². The highest BCUT2D eigenvalue weighted by atomic mass is 14.1. The number of benzene rings is 1. The van der Waals surface area contributed by atoms with E-state index in [1.165, 1.54) is 295 Å². The molecule has 0 aromatic heterocycles. The molecule has 0 atom stereocenters. The first-order valence-electron chi connectivity index (χ1n) is 25.9. The van der Waals surface area contributed by atoms with Crippen molar-refractivity contribution in [3.8, 4) is 0 Å². The van der Waals surface area contributed by atoms with Crippen LogP contribution in [0.3, 0.4) is 0 Å². The van der Waals surface area contributed by atoms with Crippen LogP contribution in [0.25, 0.3) is 0 Å². The molecule has 0 nitrogen and oxygen atoms in total. The fraction of sp³-hybridized carbons (Fsp3) is 0.889. The van der Waals surface area contributed by atoms with Gasteiger partial charge in [0.15, 0.2) is 0 Å². The monoisotopic (exact) mass is 751 g/mol. The maximum absolute atomic E-state index is 2.52. The zero-order chi connectivity index (χ0) is 38.5. The van der Waals surface area contributed by atoms with Crippen LogP contribution in [-0.4, -0.2) is 0 Å². The van der Waals surface area contributed by atoms with E-state index in [1.807, 2.05) is 0 Å². The molecule has 0 N–H and O–H groups in total. The number of hydrogen-bond donors (Lipinski definition) is 0. The highest BCUT2D eigenvalue weighted by Gasteiger charge is 2.01. The summed E-state index contributed by atoms with van der Waals surface area (Å²) < 4.78 is 0. The summed E-state index contributed by atoms with van der Waals surface area (Å²) in [7, 11) is 0. The number of rotatable bonds is 46. The Morgan fingerprint density at radius 2 is 0.389 bits per heavy atom. The molecule has 0 saturated heterocycles. The van der Waals surface area contributed by atoms with Gasteiger partial charge in [0.05, 0.1) is 0 Å². The van der Waals surface area contributed by atoms with Gasteiger partial charge in [0.2, 0.25) is 0 Å². The molecule has 0 aliphatic carbocycles. The minimum atomic E-state index is 1.28. The summed E-state index contributed by atoms with van der Waals surface area (Å²) in [5.41, 5.74) is 3.17. The van der Waals surface area contributed by atoms with E-state index in [4.69, 9.17) is 0 Å². The molecule has 0 aliphatic rings. The number of aryl methyl sites for hydroxylation is 2. The van der Waals surface area contributed by atoms with E-state index in [1.54, 1.807) is 11.1 Å². The van der Waals surface area contributed by atoms with Crippen molar-refractivity contribution in [1.82, 2.24) is 0 Å². The standard InChI is InChI=1S/C54H102/c1-3-5-7-9-11-13-15-17-19-21-23-25-27-29-31-33-35-37-39-41-43-45-48-53-50-47-51-54(52-53)49-46-44-42-40-38-36-34-32-30-28-26-24-22-20-18-16-14-12-10-8-6-4-2/h47,50-52H,3-46,48-49H2,1-2H3. The van der Waals surface area contributed by atoms with Gasteiger partial charge in [-0.2, -0.15) is 0 Å². The normalized spacial score (nSPS) is 11.6. The Morgan fingerprint density at radius 1 is 0.222 bits per heavy atom. The first kappa shape index (κ1) is 51.2. The molecule has 0 bridgehead atoms. The topological polar surface area (TPSA) is 0 Å². The molecule has 0 fully saturated rings. The third-order valence-electron chi connectivity index (χ3n) is 12.6. The van der Waals surface area contributed by atoms with Crippen molar-refractivity contribution in [1.29, 1.82) is 0 Å². The van der Waals surface area contributed by atoms with E-state index in [0.29, 0.717) is 0 Å². The van der Waals surface area contributed by atoms with E-state index in [-0.39, 0.29) is 0 Å². The molecule has 318 valence electrons. The highest BCUT2D eigenvalue weighted by molar-refractivity contribution is 5.23. The summed E-state index contributed by atoms with van der Waals surface area (Å²) in [5, 5.41) is 0. The Balaban J connectivity index is 1.78. The molecule has 1 rings (SSSR count). The zero-order valence-electron chi connectivity index (χ0n) is 37.8. The summed E-state index contributed by atoms with van der Waals surface area (Å²) in [6, 6.07) is 9.59. The maximum atomic E-state index is 2.52. The van der Waals surface area contributed by atoms with E-state index < -0.39 is 0 Å². The fourth-order valence-corrected chi connectivity index (χ4v) is 8.82. The van der Waals surface area contributed by atoms with Gasteiger partial charge in [-0.05, 0) is 36.8 Å². The molecular weight excluding hydrogens is 649 g/mol. The van der Waals surface area contributed by atoms with Crippen molar-refractivity contribution in [3.05, 3.63) is 35.4 Å². The van der Waals surface area contributed by atoms with Gasteiger partial charge in [-0.1, -0.05) is 308 Å². The maximum Gasteiger partial charge on any atom is -0.0279 e. The summed E-state index contributed by atoms with van der Waals surface area (Å²) >= 11 is 0. The lowest BCUT2D eigenvalue weighted by Gasteiger charge is -2.07. The van der Waals surface area contributed by atoms with Crippen LogP contribution < -0.4 is 0 Å². The van der Waals surface area contributed by atoms with Gasteiger partial charge < -0.3 is 0 Å². The molecule has 1 aromatic rings. The quantitative estimate of drug-likeness (QED) is 0.0582. The minimum absolute atomic E-state index is 1.28. The van der Waals surface area contributed by atoms with Gasteiger partial charge in [0, 0.05) is 0 Å².